The Morgan fingerprint density at radius 3 is 2.37 bits per heavy atom. The number of nitro groups is 1. The van der Waals surface area contributed by atoms with Gasteiger partial charge in [-0.1, -0.05) is 34.8 Å². The number of hydrogen-bond donors (Lipinski definition) is 0. The van der Waals surface area contributed by atoms with Gasteiger partial charge in [-0.2, -0.15) is 0 Å². The maximum Gasteiger partial charge on any atom is 0.270 e. The number of pyridine rings is 1. The number of halogens is 3. The normalized spacial score (nSPS) is 10.8. The van der Waals surface area contributed by atoms with Gasteiger partial charge in [0.15, 0.2) is 0 Å². The number of nitrogens with zero attached hydrogens (tertiary/aromatic N) is 4. The van der Waals surface area contributed by atoms with Crippen LogP contribution in [-0.2, 0) is 0 Å². The summed E-state index contributed by atoms with van der Waals surface area (Å²) in [7, 11) is 0. The molecule has 0 fully saturated rings. The third-order valence-electron chi connectivity index (χ3n) is 3.90. The molecule has 4 rings (SSSR count). The summed E-state index contributed by atoms with van der Waals surface area (Å²) < 4.78 is 11.5. The summed E-state index contributed by atoms with van der Waals surface area (Å²) in [6.45, 7) is 0. The van der Waals surface area contributed by atoms with E-state index in [9.17, 15) is 10.1 Å². The highest BCUT2D eigenvalue weighted by atomic mass is 35.5. The van der Waals surface area contributed by atoms with E-state index >= 15 is 0 Å². The molecule has 0 saturated heterocycles. The molecule has 2 aromatic carbocycles. The molecule has 0 unspecified atom stereocenters. The Bertz CT molecular complexity index is 1260. The second kappa shape index (κ2) is 8.27. The number of rotatable bonds is 5. The van der Waals surface area contributed by atoms with Crippen molar-refractivity contribution in [3.63, 3.8) is 0 Å². The Morgan fingerprint density at radius 1 is 0.900 bits per heavy atom. The highest BCUT2D eigenvalue weighted by Crippen LogP contribution is 2.38. The van der Waals surface area contributed by atoms with Crippen LogP contribution in [0.1, 0.15) is 0 Å². The molecule has 0 spiro atoms. The van der Waals surface area contributed by atoms with Gasteiger partial charge in [-0.15, -0.1) is 10.2 Å². The fraction of sp³-hybridized carbons (Fsp3) is 0. The van der Waals surface area contributed by atoms with Crippen molar-refractivity contribution in [1.29, 1.82) is 0 Å². The van der Waals surface area contributed by atoms with Crippen molar-refractivity contribution in [2.24, 2.45) is 0 Å². The predicted octanol–water partition coefficient (Wildman–Crippen LogP) is 6.46. The van der Waals surface area contributed by atoms with E-state index < -0.39 is 4.92 Å². The van der Waals surface area contributed by atoms with Gasteiger partial charge in [0.2, 0.25) is 5.89 Å². The van der Waals surface area contributed by atoms with Crippen LogP contribution in [0.15, 0.2) is 59.3 Å². The fourth-order valence-corrected chi connectivity index (χ4v) is 3.22. The number of ether oxygens (including phenoxy) is 1. The van der Waals surface area contributed by atoms with Gasteiger partial charge in [-0.3, -0.25) is 15.1 Å². The second-order valence-electron chi connectivity index (χ2n) is 5.92. The first kappa shape index (κ1) is 20.1. The molecule has 0 radical (unpaired) electrons. The summed E-state index contributed by atoms with van der Waals surface area (Å²) in [6, 6.07) is 10.3. The smallest absolute Gasteiger partial charge is 0.270 e. The summed E-state index contributed by atoms with van der Waals surface area (Å²) in [4.78, 5) is 14.6. The van der Waals surface area contributed by atoms with Gasteiger partial charge < -0.3 is 9.15 Å². The third kappa shape index (κ3) is 4.20. The van der Waals surface area contributed by atoms with Crippen molar-refractivity contribution in [2.75, 3.05) is 0 Å². The van der Waals surface area contributed by atoms with Gasteiger partial charge in [0.1, 0.15) is 11.5 Å². The Morgan fingerprint density at radius 2 is 1.67 bits per heavy atom. The molecule has 0 aliphatic carbocycles. The van der Waals surface area contributed by atoms with E-state index in [2.05, 4.69) is 15.2 Å². The summed E-state index contributed by atoms with van der Waals surface area (Å²) in [6.07, 6.45) is 2.90. The van der Waals surface area contributed by atoms with Crippen molar-refractivity contribution in [2.45, 2.75) is 0 Å². The molecular weight excluding hydrogens is 455 g/mol. The molecule has 11 heteroatoms. The van der Waals surface area contributed by atoms with E-state index in [0.717, 1.165) is 0 Å². The van der Waals surface area contributed by atoms with Gasteiger partial charge in [0.25, 0.3) is 11.6 Å². The minimum absolute atomic E-state index is 0.00436. The van der Waals surface area contributed by atoms with E-state index in [4.69, 9.17) is 44.0 Å². The van der Waals surface area contributed by atoms with Crippen molar-refractivity contribution in [1.82, 2.24) is 15.2 Å². The molecule has 2 heterocycles. The zero-order valence-corrected chi connectivity index (χ0v) is 17.0. The first-order valence-corrected chi connectivity index (χ1v) is 9.40. The van der Waals surface area contributed by atoms with E-state index in [1.165, 1.54) is 36.7 Å². The van der Waals surface area contributed by atoms with Gasteiger partial charge in [-0.05, 0) is 24.3 Å². The van der Waals surface area contributed by atoms with Crippen LogP contribution < -0.4 is 4.74 Å². The van der Waals surface area contributed by atoms with Gasteiger partial charge in [0, 0.05) is 29.4 Å². The van der Waals surface area contributed by atoms with E-state index in [1.807, 2.05) is 0 Å². The first-order chi connectivity index (χ1) is 14.4. The first-order valence-electron chi connectivity index (χ1n) is 8.27. The fourth-order valence-electron chi connectivity index (χ4n) is 2.57. The van der Waals surface area contributed by atoms with Crippen LogP contribution in [0, 0.1) is 10.1 Å². The lowest BCUT2D eigenvalue weighted by Gasteiger charge is -2.09. The summed E-state index contributed by atoms with van der Waals surface area (Å²) >= 11 is 18.0. The highest BCUT2D eigenvalue weighted by molar-refractivity contribution is 6.36. The summed E-state index contributed by atoms with van der Waals surface area (Å²) in [5.41, 5.74) is 0.505. The van der Waals surface area contributed by atoms with Crippen LogP contribution in [0.25, 0.3) is 22.9 Å². The number of benzene rings is 2. The van der Waals surface area contributed by atoms with E-state index in [0.29, 0.717) is 26.4 Å². The monoisotopic (exact) mass is 462 g/mol. The van der Waals surface area contributed by atoms with Crippen molar-refractivity contribution < 1.29 is 14.1 Å². The quantitative estimate of drug-likeness (QED) is 0.247. The lowest BCUT2D eigenvalue weighted by atomic mass is 10.1. The second-order valence-corrected chi connectivity index (χ2v) is 7.20. The molecule has 8 nitrogen and oxygen atoms in total. The minimum Gasteiger partial charge on any atom is -0.455 e. The zero-order valence-electron chi connectivity index (χ0n) is 14.8. The molecule has 0 amide bonds. The van der Waals surface area contributed by atoms with Crippen LogP contribution >= 0.6 is 34.8 Å². The molecule has 2 aromatic heterocycles. The Labute approximate surface area is 184 Å². The van der Waals surface area contributed by atoms with Crippen LogP contribution in [0.2, 0.25) is 15.1 Å². The predicted molar refractivity (Wildman–Crippen MR) is 111 cm³/mol. The molecule has 0 aliphatic rings. The Balaban J connectivity index is 1.78. The average molecular weight is 464 g/mol. The Kier molecular flexibility index (Phi) is 5.54. The summed E-state index contributed by atoms with van der Waals surface area (Å²) in [5, 5.41) is 20.4. The van der Waals surface area contributed by atoms with Crippen molar-refractivity contribution >= 4 is 40.5 Å². The van der Waals surface area contributed by atoms with Crippen molar-refractivity contribution in [3.05, 3.63) is 80.0 Å². The maximum absolute atomic E-state index is 11.2. The largest absolute Gasteiger partial charge is 0.455 e. The van der Waals surface area contributed by atoms with Gasteiger partial charge >= 0.3 is 0 Å². The summed E-state index contributed by atoms with van der Waals surface area (Å²) in [5.74, 6) is 0.693. The minimum atomic E-state index is -0.540. The van der Waals surface area contributed by atoms with E-state index in [-0.39, 0.29) is 28.8 Å². The number of nitro benzene ring substituents is 1. The maximum atomic E-state index is 11.2. The topological polar surface area (TPSA) is 104 Å². The molecule has 0 saturated carbocycles. The lowest BCUT2D eigenvalue weighted by molar-refractivity contribution is -0.384. The molecule has 0 N–H and O–H groups in total. The molecule has 0 aliphatic heterocycles. The highest BCUT2D eigenvalue weighted by Gasteiger charge is 2.20. The molecule has 0 atom stereocenters. The number of hydrogen-bond acceptors (Lipinski definition) is 7. The standard InChI is InChI=1S/C19H9Cl3N4O4/c20-10-1-3-14(16(22)6-10)18-24-25-19(30-18)15-7-12(26(27)28)2-4-17(15)29-13-5-11(21)8-23-9-13/h1-9H. The molecule has 4 aromatic rings. The molecule has 150 valence electrons. The van der Waals surface area contributed by atoms with E-state index in [1.54, 1.807) is 18.2 Å². The average Bonchev–Trinajstić information content (AvgIpc) is 3.18. The SMILES string of the molecule is O=[N+]([O-])c1ccc(Oc2cncc(Cl)c2)c(-c2nnc(-c3ccc(Cl)cc3Cl)o2)c1. The Hall–Kier alpha value is -3.20. The number of aromatic nitrogens is 3. The van der Waals surface area contributed by atoms with Crippen molar-refractivity contribution in [3.8, 4) is 34.4 Å². The molecular formula is C19H9Cl3N4O4. The lowest BCUT2D eigenvalue weighted by Crippen LogP contribution is -1.93. The van der Waals surface area contributed by atoms with Crippen LogP contribution in [-0.4, -0.2) is 20.1 Å². The van der Waals surface area contributed by atoms with Crippen LogP contribution in [0.5, 0.6) is 11.5 Å². The van der Waals surface area contributed by atoms with Gasteiger partial charge in [0.05, 0.1) is 32.3 Å². The third-order valence-corrected chi connectivity index (χ3v) is 4.65. The van der Waals surface area contributed by atoms with Crippen LogP contribution in [0.3, 0.4) is 0 Å². The zero-order chi connectivity index (χ0) is 21.3. The van der Waals surface area contributed by atoms with Gasteiger partial charge in [-0.25, -0.2) is 0 Å². The number of non-ortho nitro benzene ring substituents is 1. The molecule has 0 bridgehead atoms. The van der Waals surface area contributed by atoms with Crippen LogP contribution in [0.4, 0.5) is 5.69 Å². The molecule has 30 heavy (non-hydrogen) atoms.